The Bertz CT molecular complexity index is 5030. The molecule has 3 aromatic heterocycles. The van der Waals surface area contributed by atoms with Gasteiger partial charge < -0.3 is 23.1 Å². The van der Waals surface area contributed by atoms with Crippen molar-refractivity contribution in [3.63, 3.8) is 0 Å². The molecule has 0 saturated heterocycles. The highest BCUT2D eigenvalue weighted by Gasteiger charge is 2.32. The Hall–Kier alpha value is -10.9. The summed E-state index contributed by atoms with van der Waals surface area (Å²) in [6, 6.07) is 103. The van der Waals surface area contributed by atoms with Crippen molar-refractivity contribution >= 4 is 111 Å². The van der Waals surface area contributed by atoms with E-state index in [1.807, 2.05) is 0 Å². The SMILES string of the molecule is c1ccc(-c2ccc(N(c3cccc4c3oc3c(-c5ccccc5)cccc34)c3c4ccccc4c(N(c4ccc(-c5ccccc5)cc4)c4cccc5c4oc4c(-c6ccccc6)cccc45)c4c3oc3ccccc34)cc2)cc1. The fourth-order valence-corrected chi connectivity index (χ4v) is 12.4. The minimum atomic E-state index is 0.726. The molecule has 0 atom stereocenters. The minimum absolute atomic E-state index is 0.726. The van der Waals surface area contributed by atoms with Gasteiger partial charge in [0.2, 0.25) is 0 Å². The summed E-state index contributed by atoms with van der Waals surface area (Å²) in [5, 5.41) is 8.09. The third-order valence-electron chi connectivity index (χ3n) is 16.1. The Labute approximate surface area is 467 Å². The third-order valence-corrected chi connectivity index (χ3v) is 16.1. The van der Waals surface area contributed by atoms with Gasteiger partial charge in [-0.3, -0.25) is 0 Å². The zero-order chi connectivity index (χ0) is 53.4. The van der Waals surface area contributed by atoms with Crippen molar-refractivity contribution in [1.29, 1.82) is 0 Å². The fourth-order valence-electron chi connectivity index (χ4n) is 12.4. The molecule has 0 amide bonds. The smallest absolute Gasteiger partial charge is 0.162 e. The molecule has 3 heterocycles. The molecule has 5 heteroatoms. The molecule has 0 spiro atoms. The van der Waals surface area contributed by atoms with Gasteiger partial charge in [0.15, 0.2) is 16.7 Å². The van der Waals surface area contributed by atoms with Crippen LogP contribution in [0.1, 0.15) is 0 Å². The Kier molecular flexibility index (Phi) is 10.8. The molecule has 16 aromatic rings. The number of rotatable bonds is 10. The van der Waals surface area contributed by atoms with Crippen molar-refractivity contribution < 1.29 is 13.3 Å². The molecule has 5 nitrogen and oxygen atoms in total. The van der Waals surface area contributed by atoms with Gasteiger partial charge in [0.25, 0.3) is 0 Å². The largest absolute Gasteiger partial charge is 0.454 e. The van der Waals surface area contributed by atoms with Crippen molar-refractivity contribution in [2.45, 2.75) is 0 Å². The number of anilines is 6. The summed E-state index contributed by atoms with van der Waals surface area (Å²) in [5.74, 6) is 0. The molecule has 0 N–H and O–H groups in total. The zero-order valence-electron chi connectivity index (χ0n) is 43.8. The molecule has 380 valence electrons. The van der Waals surface area contributed by atoms with Crippen LogP contribution in [0.5, 0.6) is 0 Å². The lowest BCUT2D eigenvalue weighted by Gasteiger charge is -2.31. The normalized spacial score (nSPS) is 11.7. The van der Waals surface area contributed by atoms with Crippen molar-refractivity contribution in [2.24, 2.45) is 0 Å². The average Bonchev–Trinajstić information content (AvgIpc) is 3.40. The van der Waals surface area contributed by atoms with Crippen molar-refractivity contribution in [3.05, 3.63) is 291 Å². The summed E-state index contributed by atoms with van der Waals surface area (Å²) in [6.07, 6.45) is 0. The van der Waals surface area contributed by atoms with Crippen LogP contribution in [-0.2, 0) is 0 Å². The van der Waals surface area contributed by atoms with Gasteiger partial charge in [-0.25, -0.2) is 0 Å². The zero-order valence-corrected chi connectivity index (χ0v) is 43.8. The van der Waals surface area contributed by atoms with Crippen LogP contribution in [0.2, 0.25) is 0 Å². The Morgan fingerprint density at radius 2 is 0.556 bits per heavy atom. The van der Waals surface area contributed by atoms with Crippen molar-refractivity contribution in [2.75, 3.05) is 9.80 Å². The van der Waals surface area contributed by atoms with Crippen LogP contribution >= 0.6 is 0 Å². The molecule has 16 rings (SSSR count). The van der Waals surface area contributed by atoms with Crippen LogP contribution in [0, 0.1) is 0 Å². The molecular formula is C76H48N2O3. The first-order valence-corrected chi connectivity index (χ1v) is 27.5. The number of fused-ring (bicyclic) bond motifs is 10. The highest BCUT2D eigenvalue weighted by molar-refractivity contribution is 6.29. The van der Waals surface area contributed by atoms with Crippen molar-refractivity contribution in [3.8, 4) is 44.5 Å². The third kappa shape index (κ3) is 7.55. The summed E-state index contributed by atoms with van der Waals surface area (Å²) in [4.78, 5) is 4.77. The number of benzene rings is 13. The summed E-state index contributed by atoms with van der Waals surface area (Å²) in [7, 11) is 0. The maximum Gasteiger partial charge on any atom is 0.162 e. The molecule has 81 heavy (non-hydrogen) atoms. The van der Waals surface area contributed by atoms with E-state index < -0.39 is 0 Å². The summed E-state index contributed by atoms with van der Waals surface area (Å²) in [6.45, 7) is 0. The van der Waals surface area contributed by atoms with E-state index in [-0.39, 0.29) is 0 Å². The number of para-hydroxylation sites is 5. The molecule has 0 aliphatic rings. The molecule has 0 radical (unpaired) electrons. The first kappa shape index (κ1) is 46.2. The second kappa shape index (κ2) is 18.9. The van der Waals surface area contributed by atoms with E-state index in [2.05, 4.69) is 301 Å². The number of hydrogen-bond donors (Lipinski definition) is 0. The maximum atomic E-state index is 7.47. The van der Waals surface area contributed by atoms with E-state index in [1.54, 1.807) is 0 Å². The van der Waals surface area contributed by atoms with Gasteiger partial charge in [0.05, 0.1) is 28.1 Å². The minimum Gasteiger partial charge on any atom is -0.454 e. The predicted molar refractivity (Wildman–Crippen MR) is 337 cm³/mol. The second-order valence-corrected chi connectivity index (χ2v) is 20.7. The van der Waals surface area contributed by atoms with Gasteiger partial charge in [-0.15, -0.1) is 0 Å². The maximum absolute atomic E-state index is 7.47. The van der Waals surface area contributed by atoms with E-state index >= 15 is 0 Å². The van der Waals surface area contributed by atoms with Gasteiger partial charge in [0.1, 0.15) is 16.7 Å². The van der Waals surface area contributed by atoms with Gasteiger partial charge in [-0.1, -0.05) is 249 Å². The van der Waals surface area contributed by atoms with Gasteiger partial charge in [0, 0.05) is 60.2 Å². The van der Waals surface area contributed by atoms with E-state index in [4.69, 9.17) is 13.3 Å². The van der Waals surface area contributed by atoms with Gasteiger partial charge in [-0.05, 0) is 75.8 Å². The monoisotopic (exact) mass is 1040 g/mol. The number of nitrogens with zero attached hydrogens (tertiary/aromatic N) is 2. The van der Waals surface area contributed by atoms with Gasteiger partial charge >= 0.3 is 0 Å². The molecule has 0 unspecified atom stereocenters. The van der Waals surface area contributed by atoms with Gasteiger partial charge in [-0.2, -0.15) is 0 Å². The van der Waals surface area contributed by atoms with Crippen LogP contribution in [0.4, 0.5) is 34.1 Å². The van der Waals surface area contributed by atoms with Crippen LogP contribution in [0.3, 0.4) is 0 Å². The second-order valence-electron chi connectivity index (χ2n) is 20.7. The van der Waals surface area contributed by atoms with Crippen molar-refractivity contribution in [1.82, 2.24) is 0 Å². The highest BCUT2D eigenvalue weighted by Crippen LogP contribution is 2.56. The molecule has 0 fully saturated rings. The first-order valence-electron chi connectivity index (χ1n) is 27.5. The first-order chi connectivity index (χ1) is 40.2. The topological polar surface area (TPSA) is 45.9 Å². The van der Waals surface area contributed by atoms with Crippen LogP contribution in [-0.4, -0.2) is 0 Å². The Balaban J connectivity index is 1.01. The van der Waals surface area contributed by atoms with E-state index in [0.717, 1.165) is 155 Å². The molecular weight excluding hydrogens is 989 g/mol. The average molecular weight is 1040 g/mol. The molecule has 0 aliphatic heterocycles. The summed E-state index contributed by atoms with van der Waals surface area (Å²) < 4.78 is 22.1. The highest BCUT2D eigenvalue weighted by atomic mass is 16.3. The quantitative estimate of drug-likeness (QED) is 0.128. The lowest BCUT2D eigenvalue weighted by atomic mass is 9.96. The fraction of sp³-hybridized carbons (Fsp3) is 0. The lowest BCUT2D eigenvalue weighted by Crippen LogP contribution is -2.14. The molecule has 0 aliphatic carbocycles. The van der Waals surface area contributed by atoms with E-state index in [1.165, 1.54) is 0 Å². The van der Waals surface area contributed by atoms with Crippen LogP contribution < -0.4 is 9.80 Å². The van der Waals surface area contributed by atoms with Crippen LogP contribution in [0.15, 0.2) is 304 Å². The van der Waals surface area contributed by atoms with E-state index in [9.17, 15) is 0 Å². The Morgan fingerprint density at radius 1 is 0.210 bits per heavy atom. The number of hydrogen-bond acceptors (Lipinski definition) is 5. The summed E-state index contributed by atoms with van der Waals surface area (Å²) in [5.41, 5.74) is 19.1. The lowest BCUT2D eigenvalue weighted by molar-refractivity contribution is 0.667. The van der Waals surface area contributed by atoms with Crippen LogP contribution in [0.25, 0.3) is 121 Å². The molecule has 0 bridgehead atoms. The van der Waals surface area contributed by atoms with E-state index in [0.29, 0.717) is 0 Å². The summed E-state index contributed by atoms with van der Waals surface area (Å²) >= 11 is 0. The molecule has 0 saturated carbocycles. The molecule has 13 aromatic carbocycles. The number of furan rings is 3. The standard InChI is InChI=1S/C76H48N2O3/c1-5-21-49(22-6-1)51-41-45-55(46-42-51)77(66-38-19-36-63-61-34-17-32-57(72(61)80-74(63)66)53-25-9-3-10-26-53)70-59-29-13-14-30-60(59)71(76-69(70)65-31-15-16-40-68(65)79-76)78(56-47-43-52(44-48-56)50-23-7-2-8-24-50)67-39-20-37-64-62-35-18-33-58(73(62)81-75(64)67)54-27-11-4-12-28-54/h1-48H. The predicted octanol–water partition coefficient (Wildman–Crippen LogP) is 22.1. The Morgan fingerprint density at radius 3 is 1.02 bits per heavy atom.